The number of nitrogens with one attached hydrogen (secondary N) is 1. The van der Waals surface area contributed by atoms with Gasteiger partial charge in [-0.05, 0) is 44.2 Å². The second-order valence-electron chi connectivity index (χ2n) is 10.5. The van der Waals surface area contributed by atoms with Crippen LogP contribution < -0.4 is 15.0 Å². The Hall–Kier alpha value is -3.62. The molecule has 0 unspecified atom stereocenters. The maximum atomic E-state index is 5.79. The van der Waals surface area contributed by atoms with Crippen molar-refractivity contribution >= 4 is 28.2 Å². The van der Waals surface area contributed by atoms with Crippen molar-refractivity contribution in [1.29, 1.82) is 0 Å². The molecule has 0 radical (unpaired) electrons. The maximum Gasteiger partial charge on any atom is 0.227 e. The number of aryl methyl sites for hydroxylation is 1. The predicted molar refractivity (Wildman–Crippen MR) is 155 cm³/mol. The van der Waals surface area contributed by atoms with Gasteiger partial charge in [0.25, 0.3) is 0 Å². The number of piperazine rings is 1. The summed E-state index contributed by atoms with van der Waals surface area (Å²) in [7, 11) is 6.00. The molecule has 0 bridgehead atoms. The zero-order valence-corrected chi connectivity index (χ0v) is 22.6. The molecule has 8 nitrogen and oxygen atoms in total. The first-order valence-corrected chi connectivity index (χ1v) is 13.6. The van der Waals surface area contributed by atoms with Gasteiger partial charge in [0.15, 0.2) is 0 Å². The second-order valence-corrected chi connectivity index (χ2v) is 10.5. The minimum absolute atomic E-state index is 0.550. The highest BCUT2D eigenvalue weighted by atomic mass is 16.5. The number of hydrogen-bond acceptors (Lipinski definition) is 7. The average molecular weight is 512 g/mol. The first-order chi connectivity index (χ1) is 18.6. The van der Waals surface area contributed by atoms with Crippen LogP contribution in [-0.4, -0.2) is 83.8 Å². The van der Waals surface area contributed by atoms with Crippen molar-refractivity contribution in [2.75, 3.05) is 63.6 Å². The highest BCUT2D eigenvalue weighted by molar-refractivity contribution is 5.95. The fourth-order valence-corrected chi connectivity index (χ4v) is 5.89. The molecule has 8 heteroatoms. The fourth-order valence-electron chi connectivity index (χ4n) is 5.89. The van der Waals surface area contributed by atoms with Crippen LogP contribution in [0.25, 0.3) is 22.2 Å². The van der Waals surface area contributed by atoms with E-state index < -0.39 is 0 Å². The summed E-state index contributed by atoms with van der Waals surface area (Å²) < 4.78 is 7.92. The quantitative estimate of drug-likeness (QED) is 0.406. The maximum absolute atomic E-state index is 5.79. The van der Waals surface area contributed by atoms with Gasteiger partial charge in [-0.2, -0.15) is 0 Å². The van der Waals surface area contributed by atoms with Crippen LogP contribution in [0.3, 0.4) is 0 Å². The number of methoxy groups -OCH3 is 1. The average Bonchev–Trinajstić information content (AvgIpc) is 3.30. The van der Waals surface area contributed by atoms with Gasteiger partial charge in [-0.15, -0.1) is 0 Å². The molecule has 0 amide bonds. The van der Waals surface area contributed by atoms with Gasteiger partial charge in [-0.3, -0.25) is 4.90 Å². The topological polar surface area (TPSA) is 61.7 Å². The van der Waals surface area contributed by atoms with Gasteiger partial charge < -0.3 is 24.4 Å². The van der Waals surface area contributed by atoms with Gasteiger partial charge in [0.2, 0.25) is 5.95 Å². The van der Waals surface area contributed by atoms with E-state index in [4.69, 9.17) is 9.72 Å². The third-order valence-electron chi connectivity index (χ3n) is 8.14. The van der Waals surface area contributed by atoms with E-state index in [0.29, 0.717) is 12.0 Å². The van der Waals surface area contributed by atoms with Gasteiger partial charge in [-0.1, -0.05) is 18.2 Å². The Morgan fingerprint density at radius 2 is 1.71 bits per heavy atom. The lowest BCUT2D eigenvalue weighted by Gasteiger charge is -2.42. The number of fused-ring (bicyclic) bond motifs is 1. The number of nitrogens with zero attached hydrogens (tertiary/aromatic N) is 6. The van der Waals surface area contributed by atoms with Crippen molar-refractivity contribution in [3.8, 4) is 17.0 Å². The number of rotatable bonds is 6. The highest BCUT2D eigenvalue weighted by Gasteiger charge is 2.27. The van der Waals surface area contributed by atoms with E-state index >= 15 is 0 Å². The Kier molecular flexibility index (Phi) is 6.91. The predicted octanol–water partition coefficient (Wildman–Crippen LogP) is 4.60. The SMILES string of the molecule is COc1cc(N2CCC(N3CCN(C)CC3)CC2)ccc1Nc1nccc(-c2cn(C)c3ccccc23)n1. The first-order valence-electron chi connectivity index (χ1n) is 13.6. The molecule has 198 valence electrons. The Balaban J connectivity index is 1.16. The van der Waals surface area contributed by atoms with Gasteiger partial charge in [-0.25, -0.2) is 9.97 Å². The minimum atomic E-state index is 0.550. The number of anilines is 3. The third-order valence-corrected chi connectivity index (χ3v) is 8.14. The van der Waals surface area contributed by atoms with Crippen LogP contribution in [0.1, 0.15) is 12.8 Å². The summed E-state index contributed by atoms with van der Waals surface area (Å²) in [4.78, 5) is 16.9. The lowest BCUT2D eigenvalue weighted by Crippen LogP contribution is -2.52. The molecule has 2 aromatic carbocycles. The van der Waals surface area contributed by atoms with Crippen LogP contribution in [0.4, 0.5) is 17.3 Å². The van der Waals surface area contributed by atoms with E-state index in [2.05, 4.69) is 92.3 Å². The summed E-state index contributed by atoms with van der Waals surface area (Å²) in [5, 5.41) is 4.57. The summed E-state index contributed by atoms with van der Waals surface area (Å²) >= 11 is 0. The number of ether oxygens (including phenoxy) is 1. The number of hydrogen-bond donors (Lipinski definition) is 1. The molecule has 0 aliphatic carbocycles. The molecular weight excluding hydrogens is 474 g/mol. The summed E-state index contributed by atoms with van der Waals surface area (Å²) in [6.07, 6.45) is 6.35. The number of benzene rings is 2. The van der Waals surface area contributed by atoms with Gasteiger partial charge in [0.1, 0.15) is 5.75 Å². The van der Waals surface area contributed by atoms with E-state index in [1.165, 1.54) is 55.6 Å². The van der Waals surface area contributed by atoms with E-state index in [0.717, 1.165) is 35.8 Å². The molecule has 38 heavy (non-hydrogen) atoms. The molecule has 2 fully saturated rings. The number of aromatic nitrogens is 3. The molecule has 0 spiro atoms. The van der Waals surface area contributed by atoms with Crippen LogP contribution in [0.5, 0.6) is 5.75 Å². The molecule has 6 rings (SSSR count). The lowest BCUT2D eigenvalue weighted by molar-refractivity contribution is 0.0982. The van der Waals surface area contributed by atoms with Crippen molar-refractivity contribution in [3.63, 3.8) is 0 Å². The van der Waals surface area contributed by atoms with Gasteiger partial charge in [0.05, 0.1) is 18.5 Å². The smallest absolute Gasteiger partial charge is 0.227 e. The normalized spacial score (nSPS) is 17.7. The van der Waals surface area contributed by atoms with Crippen molar-refractivity contribution < 1.29 is 4.74 Å². The number of likely N-dealkylation sites (N-methyl/N-ethyl adjacent to an activating group) is 1. The molecule has 1 N–H and O–H groups in total. The second kappa shape index (κ2) is 10.6. The van der Waals surface area contributed by atoms with E-state index in [-0.39, 0.29) is 0 Å². The molecule has 4 heterocycles. The molecule has 2 aliphatic rings. The monoisotopic (exact) mass is 511 g/mol. The van der Waals surface area contributed by atoms with Crippen molar-refractivity contribution in [2.45, 2.75) is 18.9 Å². The minimum Gasteiger partial charge on any atom is -0.494 e. The van der Waals surface area contributed by atoms with Crippen LogP contribution in [0, 0.1) is 0 Å². The molecular formula is C30H37N7O. The molecule has 0 saturated carbocycles. The van der Waals surface area contributed by atoms with Crippen molar-refractivity contribution in [2.24, 2.45) is 7.05 Å². The fraction of sp³-hybridized carbons (Fsp3) is 0.400. The molecule has 4 aromatic rings. The van der Waals surface area contributed by atoms with E-state index in [1.807, 2.05) is 6.07 Å². The molecule has 2 aromatic heterocycles. The third kappa shape index (κ3) is 4.93. The standard InChI is InChI=1S/C30H37N7O/c1-34-16-18-37(19-17-34)22-11-14-36(15-12-22)23-8-9-27(29(20-23)38-3)33-30-31-13-10-26(32-30)25-21-35(2)28-7-5-4-6-24(25)28/h4-10,13,20-22H,11-12,14-19H2,1-3H3,(H,31,32,33). The van der Waals surface area contributed by atoms with Crippen LogP contribution in [0.15, 0.2) is 60.9 Å². The Labute approximate surface area is 224 Å². The summed E-state index contributed by atoms with van der Waals surface area (Å²) in [6.45, 7) is 6.89. The molecule has 2 aliphatic heterocycles. The van der Waals surface area contributed by atoms with Gasteiger partial charge in [0, 0.05) is 93.0 Å². The summed E-state index contributed by atoms with van der Waals surface area (Å²) in [5.74, 6) is 1.34. The summed E-state index contributed by atoms with van der Waals surface area (Å²) in [5.41, 5.74) is 5.22. The Morgan fingerprint density at radius 3 is 2.50 bits per heavy atom. The molecule has 2 saturated heterocycles. The first kappa shape index (κ1) is 24.7. The Morgan fingerprint density at radius 1 is 0.921 bits per heavy atom. The van der Waals surface area contributed by atoms with E-state index in [9.17, 15) is 0 Å². The Bertz CT molecular complexity index is 1400. The lowest BCUT2D eigenvalue weighted by atomic mass is 10.0. The van der Waals surface area contributed by atoms with Crippen LogP contribution >= 0.6 is 0 Å². The summed E-state index contributed by atoms with van der Waals surface area (Å²) in [6, 6.07) is 17.4. The van der Waals surface area contributed by atoms with Crippen LogP contribution in [0.2, 0.25) is 0 Å². The zero-order chi connectivity index (χ0) is 26.1. The number of piperidine rings is 1. The van der Waals surface area contributed by atoms with Crippen LogP contribution in [-0.2, 0) is 7.05 Å². The molecule has 0 atom stereocenters. The largest absolute Gasteiger partial charge is 0.494 e. The zero-order valence-electron chi connectivity index (χ0n) is 22.6. The van der Waals surface area contributed by atoms with E-state index in [1.54, 1.807) is 13.3 Å². The van der Waals surface area contributed by atoms with Gasteiger partial charge >= 0.3 is 0 Å². The number of para-hydroxylation sites is 1. The highest BCUT2D eigenvalue weighted by Crippen LogP contribution is 2.34. The van der Waals surface area contributed by atoms with Crippen molar-refractivity contribution in [1.82, 2.24) is 24.3 Å². The van der Waals surface area contributed by atoms with Crippen molar-refractivity contribution in [3.05, 3.63) is 60.9 Å².